The minimum Gasteiger partial charge on any atom is -0.363 e. The number of unbranched alkanes of at least 4 members (excludes halogenated alkanes) is 1. The van der Waals surface area contributed by atoms with Crippen molar-refractivity contribution in [2.75, 3.05) is 5.32 Å². The van der Waals surface area contributed by atoms with Crippen LogP contribution in [0.25, 0.3) is 0 Å². The molecule has 102 valence electrons. The van der Waals surface area contributed by atoms with Crippen LogP contribution >= 0.6 is 0 Å². The summed E-state index contributed by atoms with van der Waals surface area (Å²) in [5.41, 5.74) is -0.0189. The molecular formula is C14H25N3O. The molecule has 1 atom stereocenters. The third kappa shape index (κ3) is 4.51. The van der Waals surface area contributed by atoms with E-state index in [2.05, 4.69) is 38.0 Å². The fourth-order valence-corrected chi connectivity index (χ4v) is 1.90. The van der Waals surface area contributed by atoms with Gasteiger partial charge in [0, 0.05) is 25.0 Å². The van der Waals surface area contributed by atoms with Crippen LogP contribution < -0.4 is 10.9 Å². The lowest BCUT2D eigenvalue weighted by atomic mass is 10.1. The van der Waals surface area contributed by atoms with Crippen LogP contribution in [-0.2, 0) is 6.54 Å². The molecule has 0 aliphatic heterocycles. The third-order valence-corrected chi connectivity index (χ3v) is 2.85. The second-order valence-corrected chi connectivity index (χ2v) is 5.31. The number of hydrogen-bond donors (Lipinski definition) is 1. The van der Waals surface area contributed by atoms with Crippen LogP contribution in [-0.4, -0.2) is 15.6 Å². The Morgan fingerprint density at radius 1 is 1.39 bits per heavy atom. The first kappa shape index (κ1) is 14.7. The predicted octanol–water partition coefficient (Wildman–Crippen LogP) is 2.89. The van der Waals surface area contributed by atoms with E-state index in [9.17, 15) is 4.79 Å². The molecule has 4 nitrogen and oxygen atoms in total. The Morgan fingerprint density at radius 3 is 2.72 bits per heavy atom. The zero-order valence-electron chi connectivity index (χ0n) is 11.9. The highest BCUT2D eigenvalue weighted by Crippen LogP contribution is 2.05. The second-order valence-electron chi connectivity index (χ2n) is 5.31. The first-order valence-corrected chi connectivity index (χ1v) is 6.86. The molecule has 0 aliphatic carbocycles. The summed E-state index contributed by atoms with van der Waals surface area (Å²) in [5, 5.41) is 3.21. The van der Waals surface area contributed by atoms with Crippen molar-refractivity contribution < 1.29 is 0 Å². The number of anilines is 1. The largest absolute Gasteiger partial charge is 0.363 e. The summed E-state index contributed by atoms with van der Waals surface area (Å²) in [6, 6.07) is 0.292. The minimum absolute atomic E-state index is 0.0189. The highest BCUT2D eigenvalue weighted by molar-refractivity contribution is 5.31. The Bertz CT molecular complexity index is 412. The van der Waals surface area contributed by atoms with E-state index in [-0.39, 0.29) is 5.56 Å². The van der Waals surface area contributed by atoms with Gasteiger partial charge in [0.1, 0.15) is 0 Å². The van der Waals surface area contributed by atoms with E-state index in [1.54, 1.807) is 17.0 Å². The number of nitrogens with one attached hydrogen (secondary N) is 1. The molecule has 0 fully saturated rings. The first-order chi connectivity index (χ1) is 8.54. The molecule has 0 amide bonds. The van der Waals surface area contributed by atoms with Crippen molar-refractivity contribution in [3.63, 3.8) is 0 Å². The van der Waals surface area contributed by atoms with Gasteiger partial charge in [-0.2, -0.15) is 0 Å². The molecule has 1 aromatic heterocycles. The van der Waals surface area contributed by atoms with Gasteiger partial charge in [0.05, 0.1) is 0 Å². The predicted molar refractivity (Wildman–Crippen MR) is 75.9 cm³/mol. The van der Waals surface area contributed by atoms with Crippen molar-refractivity contribution in [1.29, 1.82) is 0 Å². The van der Waals surface area contributed by atoms with E-state index >= 15 is 0 Å². The fourth-order valence-electron chi connectivity index (χ4n) is 1.90. The van der Waals surface area contributed by atoms with Crippen LogP contribution in [0.2, 0.25) is 0 Å². The molecule has 0 bridgehead atoms. The monoisotopic (exact) mass is 251 g/mol. The Labute approximate surface area is 109 Å². The zero-order chi connectivity index (χ0) is 13.5. The topological polar surface area (TPSA) is 46.9 Å². The van der Waals surface area contributed by atoms with Gasteiger partial charge in [-0.25, -0.2) is 4.98 Å². The van der Waals surface area contributed by atoms with E-state index in [1.165, 1.54) is 12.8 Å². The van der Waals surface area contributed by atoms with Crippen molar-refractivity contribution in [3.05, 3.63) is 22.7 Å². The fraction of sp³-hybridized carbons (Fsp3) is 0.714. The van der Waals surface area contributed by atoms with Crippen LogP contribution in [0.15, 0.2) is 17.2 Å². The van der Waals surface area contributed by atoms with E-state index in [4.69, 9.17) is 0 Å². The zero-order valence-corrected chi connectivity index (χ0v) is 11.9. The first-order valence-electron chi connectivity index (χ1n) is 6.86. The molecule has 1 aromatic rings. The number of rotatable bonds is 7. The van der Waals surface area contributed by atoms with Gasteiger partial charge in [-0.3, -0.25) is 4.79 Å². The van der Waals surface area contributed by atoms with Gasteiger partial charge < -0.3 is 9.88 Å². The summed E-state index contributed by atoms with van der Waals surface area (Å²) >= 11 is 0. The van der Waals surface area contributed by atoms with Gasteiger partial charge >= 0.3 is 0 Å². The standard InChI is InChI=1S/C14H25N3O/c1-5-6-7-12(4)16-13-14(18)17(9-8-15-13)10-11(2)3/h8-9,11-12H,5-7,10H2,1-4H3,(H,15,16). The van der Waals surface area contributed by atoms with Gasteiger partial charge in [0.15, 0.2) is 5.82 Å². The van der Waals surface area contributed by atoms with E-state index < -0.39 is 0 Å². The molecule has 0 saturated heterocycles. The van der Waals surface area contributed by atoms with E-state index in [0.29, 0.717) is 17.8 Å². The molecular weight excluding hydrogens is 226 g/mol. The van der Waals surface area contributed by atoms with Gasteiger partial charge in [-0.05, 0) is 19.3 Å². The number of nitrogens with zero attached hydrogens (tertiary/aromatic N) is 2. The van der Waals surface area contributed by atoms with Crippen molar-refractivity contribution in [2.24, 2.45) is 5.92 Å². The summed E-state index contributed by atoms with van der Waals surface area (Å²) in [7, 11) is 0. The van der Waals surface area contributed by atoms with Gasteiger partial charge in [-0.15, -0.1) is 0 Å². The van der Waals surface area contributed by atoms with Gasteiger partial charge in [0.25, 0.3) is 5.56 Å². The Morgan fingerprint density at radius 2 is 2.11 bits per heavy atom. The third-order valence-electron chi connectivity index (χ3n) is 2.85. The highest BCUT2D eigenvalue weighted by Gasteiger charge is 2.08. The van der Waals surface area contributed by atoms with Gasteiger partial charge in [-0.1, -0.05) is 33.6 Å². The normalized spacial score (nSPS) is 12.7. The molecule has 1 unspecified atom stereocenters. The number of aromatic nitrogens is 2. The lowest BCUT2D eigenvalue weighted by Gasteiger charge is -2.15. The molecule has 1 heterocycles. The van der Waals surface area contributed by atoms with Crippen molar-refractivity contribution >= 4 is 5.82 Å². The van der Waals surface area contributed by atoms with Crippen molar-refractivity contribution in [1.82, 2.24) is 9.55 Å². The van der Waals surface area contributed by atoms with Crippen LogP contribution in [0.5, 0.6) is 0 Å². The maximum absolute atomic E-state index is 12.2. The van der Waals surface area contributed by atoms with Crippen molar-refractivity contribution in [3.8, 4) is 0 Å². The summed E-state index contributed by atoms with van der Waals surface area (Å²) in [6.07, 6.45) is 6.85. The average molecular weight is 251 g/mol. The SMILES string of the molecule is CCCCC(C)Nc1nccn(CC(C)C)c1=O. The minimum atomic E-state index is -0.0189. The lowest BCUT2D eigenvalue weighted by Crippen LogP contribution is -2.28. The van der Waals surface area contributed by atoms with Crippen LogP contribution in [0.3, 0.4) is 0 Å². The molecule has 18 heavy (non-hydrogen) atoms. The summed E-state index contributed by atoms with van der Waals surface area (Å²) in [4.78, 5) is 16.3. The smallest absolute Gasteiger partial charge is 0.293 e. The average Bonchev–Trinajstić information content (AvgIpc) is 2.31. The molecule has 1 N–H and O–H groups in total. The Balaban J connectivity index is 2.74. The molecule has 1 rings (SSSR count). The van der Waals surface area contributed by atoms with Crippen molar-refractivity contribution in [2.45, 2.75) is 59.5 Å². The van der Waals surface area contributed by atoms with E-state index in [0.717, 1.165) is 13.0 Å². The summed E-state index contributed by atoms with van der Waals surface area (Å²) < 4.78 is 1.73. The summed E-state index contributed by atoms with van der Waals surface area (Å²) in [5.74, 6) is 0.928. The maximum Gasteiger partial charge on any atom is 0.293 e. The van der Waals surface area contributed by atoms with Crippen LogP contribution in [0, 0.1) is 5.92 Å². The van der Waals surface area contributed by atoms with Crippen LogP contribution in [0.1, 0.15) is 47.0 Å². The second kappa shape index (κ2) is 7.19. The molecule has 0 aromatic carbocycles. The van der Waals surface area contributed by atoms with Crippen LogP contribution in [0.4, 0.5) is 5.82 Å². The highest BCUT2D eigenvalue weighted by atomic mass is 16.1. The lowest BCUT2D eigenvalue weighted by molar-refractivity contribution is 0.509. The van der Waals surface area contributed by atoms with E-state index in [1.807, 2.05) is 0 Å². The van der Waals surface area contributed by atoms with Gasteiger partial charge in [0.2, 0.25) is 0 Å². The number of hydrogen-bond acceptors (Lipinski definition) is 3. The quantitative estimate of drug-likeness (QED) is 0.810. The molecule has 0 spiro atoms. The Hall–Kier alpha value is -1.32. The molecule has 4 heteroatoms. The molecule has 0 saturated carbocycles. The maximum atomic E-state index is 12.2. The molecule has 0 radical (unpaired) electrons. The molecule has 0 aliphatic rings. The summed E-state index contributed by atoms with van der Waals surface area (Å²) in [6.45, 7) is 9.20. The Kier molecular flexibility index (Phi) is 5.89.